The van der Waals surface area contributed by atoms with Crippen molar-refractivity contribution >= 4 is 0 Å². The Morgan fingerprint density at radius 3 is 2.69 bits per heavy atom. The lowest BCUT2D eigenvalue weighted by atomic mass is 10.0. The van der Waals surface area contributed by atoms with Crippen LogP contribution in [0, 0.1) is 12.7 Å². The van der Waals surface area contributed by atoms with E-state index >= 15 is 0 Å². The highest BCUT2D eigenvalue weighted by Gasteiger charge is 2.13. The van der Waals surface area contributed by atoms with Gasteiger partial charge in [-0.2, -0.15) is 5.10 Å². The number of halogens is 1. The van der Waals surface area contributed by atoms with E-state index in [1.54, 1.807) is 10.9 Å². The highest BCUT2D eigenvalue weighted by atomic mass is 19.1. The van der Waals surface area contributed by atoms with Crippen molar-refractivity contribution in [3.8, 4) is 0 Å². The third-order valence-corrected chi connectivity index (χ3v) is 2.60. The first-order valence-corrected chi connectivity index (χ1v) is 5.08. The van der Waals surface area contributed by atoms with Gasteiger partial charge in [-0.3, -0.25) is 4.68 Å². The summed E-state index contributed by atoms with van der Waals surface area (Å²) >= 11 is 0. The van der Waals surface area contributed by atoms with Crippen LogP contribution >= 0.6 is 0 Å². The van der Waals surface area contributed by atoms with Crippen LogP contribution in [0.25, 0.3) is 0 Å². The summed E-state index contributed by atoms with van der Waals surface area (Å²) in [4.78, 5) is 0. The van der Waals surface area contributed by atoms with Crippen molar-refractivity contribution in [3.05, 3.63) is 53.1 Å². The minimum absolute atomic E-state index is 0.257. The Morgan fingerprint density at radius 1 is 1.38 bits per heavy atom. The van der Waals surface area contributed by atoms with Crippen LogP contribution in [0.3, 0.4) is 0 Å². The van der Waals surface area contributed by atoms with Crippen LogP contribution in [0.5, 0.6) is 0 Å². The molecule has 0 aliphatic carbocycles. The number of benzene rings is 1. The second-order valence-electron chi connectivity index (χ2n) is 3.92. The van der Waals surface area contributed by atoms with Crippen LogP contribution in [0.1, 0.15) is 22.9 Å². The molecule has 16 heavy (non-hydrogen) atoms. The number of hydrogen-bond acceptors (Lipinski definition) is 2. The average Bonchev–Trinajstić information content (AvgIpc) is 2.62. The van der Waals surface area contributed by atoms with Gasteiger partial charge in [0.15, 0.2) is 0 Å². The lowest BCUT2D eigenvalue weighted by Gasteiger charge is -2.13. The molecule has 0 radical (unpaired) electrons. The monoisotopic (exact) mass is 219 g/mol. The van der Waals surface area contributed by atoms with Crippen molar-refractivity contribution in [2.45, 2.75) is 13.0 Å². The molecule has 0 amide bonds. The van der Waals surface area contributed by atoms with Crippen molar-refractivity contribution in [3.63, 3.8) is 0 Å². The highest BCUT2D eigenvalue weighted by Crippen LogP contribution is 2.20. The largest absolute Gasteiger partial charge is 0.319 e. The van der Waals surface area contributed by atoms with E-state index in [9.17, 15) is 4.39 Å². The first-order valence-electron chi connectivity index (χ1n) is 5.08. The molecule has 84 valence electrons. The Morgan fingerprint density at radius 2 is 2.12 bits per heavy atom. The quantitative estimate of drug-likeness (QED) is 0.838. The smallest absolute Gasteiger partial charge is 0.123 e. The van der Waals surface area contributed by atoms with Crippen molar-refractivity contribution < 1.29 is 4.39 Å². The number of nitrogens with zero attached hydrogens (tertiary/aromatic N) is 2. The zero-order chi connectivity index (χ0) is 11.7. The van der Waals surface area contributed by atoms with E-state index in [-0.39, 0.29) is 11.9 Å². The molecule has 0 saturated heterocycles. The topological polar surface area (TPSA) is 43.8 Å². The molecule has 2 aromatic rings. The maximum absolute atomic E-state index is 13.3. The minimum atomic E-state index is -0.345. The van der Waals surface area contributed by atoms with Gasteiger partial charge in [-0.25, -0.2) is 4.39 Å². The average molecular weight is 219 g/mol. The van der Waals surface area contributed by atoms with Gasteiger partial charge in [0.25, 0.3) is 0 Å². The fourth-order valence-corrected chi connectivity index (χ4v) is 1.80. The molecule has 0 aliphatic rings. The molecule has 3 nitrogen and oxygen atoms in total. The zero-order valence-electron chi connectivity index (χ0n) is 9.31. The van der Waals surface area contributed by atoms with Gasteiger partial charge in [0, 0.05) is 13.2 Å². The summed E-state index contributed by atoms with van der Waals surface area (Å²) in [5.41, 5.74) is 8.57. The summed E-state index contributed by atoms with van der Waals surface area (Å²) in [6.45, 7) is 1.85. The third-order valence-electron chi connectivity index (χ3n) is 2.60. The lowest BCUT2D eigenvalue weighted by Crippen LogP contribution is -2.16. The number of aryl methyl sites for hydroxylation is 2. The minimum Gasteiger partial charge on any atom is -0.319 e. The molecule has 4 heteroatoms. The first kappa shape index (κ1) is 10.8. The third kappa shape index (κ3) is 1.97. The molecule has 0 spiro atoms. The SMILES string of the molecule is Cc1cc(F)cc(C(N)c2ccnn2C)c1. The summed E-state index contributed by atoms with van der Waals surface area (Å²) in [5.74, 6) is -0.257. The summed E-state index contributed by atoms with van der Waals surface area (Å²) in [5, 5.41) is 4.05. The highest BCUT2D eigenvalue weighted by molar-refractivity contribution is 5.31. The van der Waals surface area contributed by atoms with Crippen LogP contribution in [-0.2, 0) is 7.05 Å². The molecule has 2 rings (SSSR count). The van der Waals surface area contributed by atoms with Crippen LogP contribution in [0.4, 0.5) is 4.39 Å². The van der Waals surface area contributed by atoms with E-state index in [2.05, 4.69) is 5.10 Å². The molecule has 0 fully saturated rings. The molecule has 1 unspecified atom stereocenters. The maximum Gasteiger partial charge on any atom is 0.123 e. The number of nitrogens with two attached hydrogens (primary N) is 1. The molecule has 0 saturated carbocycles. The number of aromatic nitrogens is 2. The van der Waals surface area contributed by atoms with E-state index in [4.69, 9.17) is 5.73 Å². The van der Waals surface area contributed by atoms with Crippen molar-refractivity contribution in [2.24, 2.45) is 12.8 Å². The normalized spacial score (nSPS) is 12.8. The molecule has 0 bridgehead atoms. The van der Waals surface area contributed by atoms with Gasteiger partial charge in [-0.1, -0.05) is 6.07 Å². The number of rotatable bonds is 2. The van der Waals surface area contributed by atoms with Crippen LogP contribution in [0.2, 0.25) is 0 Å². The Labute approximate surface area is 93.7 Å². The van der Waals surface area contributed by atoms with Gasteiger partial charge >= 0.3 is 0 Å². The van der Waals surface area contributed by atoms with Crippen LogP contribution in [0.15, 0.2) is 30.5 Å². The van der Waals surface area contributed by atoms with Crippen molar-refractivity contribution in [1.82, 2.24) is 9.78 Å². The first-order chi connectivity index (χ1) is 7.58. The Hall–Kier alpha value is -1.68. The summed E-state index contributed by atoms with van der Waals surface area (Å²) in [7, 11) is 1.82. The lowest BCUT2D eigenvalue weighted by molar-refractivity contribution is 0.618. The molecule has 0 aliphatic heterocycles. The van der Waals surface area contributed by atoms with Crippen LogP contribution < -0.4 is 5.73 Å². The predicted molar refractivity (Wildman–Crippen MR) is 60.4 cm³/mol. The van der Waals surface area contributed by atoms with Gasteiger partial charge in [-0.05, 0) is 36.2 Å². The van der Waals surface area contributed by atoms with E-state index in [0.717, 1.165) is 16.8 Å². The molecule has 2 N–H and O–H groups in total. The summed E-state index contributed by atoms with van der Waals surface area (Å²) in [6.07, 6.45) is 1.68. The van der Waals surface area contributed by atoms with Gasteiger partial charge in [0.2, 0.25) is 0 Å². The summed E-state index contributed by atoms with van der Waals surface area (Å²) in [6, 6.07) is 6.33. The van der Waals surface area contributed by atoms with Crippen LogP contribution in [-0.4, -0.2) is 9.78 Å². The Balaban J connectivity index is 2.41. The van der Waals surface area contributed by atoms with Crippen molar-refractivity contribution in [2.75, 3.05) is 0 Å². The molecular weight excluding hydrogens is 205 g/mol. The molecule has 1 aromatic heterocycles. The standard InChI is InChI=1S/C12H14FN3/c1-8-5-9(7-10(13)6-8)12(14)11-3-4-15-16(11)2/h3-7,12H,14H2,1-2H3. The fraction of sp³-hybridized carbons (Fsp3) is 0.250. The van der Waals surface area contributed by atoms with E-state index in [1.165, 1.54) is 12.1 Å². The predicted octanol–water partition coefficient (Wildman–Crippen LogP) is 1.92. The maximum atomic E-state index is 13.3. The molecule has 1 aromatic carbocycles. The van der Waals surface area contributed by atoms with Gasteiger partial charge in [0.05, 0.1) is 11.7 Å². The summed E-state index contributed by atoms with van der Waals surface area (Å²) < 4.78 is 15.0. The second-order valence-corrected chi connectivity index (χ2v) is 3.92. The van der Waals surface area contributed by atoms with Gasteiger partial charge < -0.3 is 5.73 Å². The fourth-order valence-electron chi connectivity index (χ4n) is 1.80. The molecular formula is C12H14FN3. The molecule has 1 heterocycles. The van der Waals surface area contributed by atoms with Crippen molar-refractivity contribution in [1.29, 1.82) is 0 Å². The van der Waals surface area contributed by atoms with E-state index in [1.807, 2.05) is 26.1 Å². The van der Waals surface area contributed by atoms with Gasteiger partial charge in [-0.15, -0.1) is 0 Å². The zero-order valence-corrected chi connectivity index (χ0v) is 9.31. The number of hydrogen-bond donors (Lipinski definition) is 1. The molecule has 1 atom stereocenters. The second kappa shape index (κ2) is 4.06. The van der Waals surface area contributed by atoms with E-state index in [0.29, 0.717) is 0 Å². The van der Waals surface area contributed by atoms with Gasteiger partial charge in [0.1, 0.15) is 5.82 Å². The Bertz CT molecular complexity index is 484. The van der Waals surface area contributed by atoms with E-state index < -0.39 is 0 Å². The Kier molecular flexibility index (Phi) is 2.75.